The summed E-state index contributed by atoms with van der Waals surface area (Å²) >= 11 is 4.37. The van der Waals surface area contributed by atoms with Gasteiger partial charge in [0.15, 0.2) is 0 Å². The van der Waals surface area contributed by atoms with Crippen LogP contribution in [0.1, 0.15) is 12.0 Å². The monoisotopic (exact) mass is 434 g/mol. The van der Waals surface area contributed by atoms with E-state index in [1.165, 1.54) is 14.0 Å². The van der Waals surface area contributed by atoms with Crippen LogP contribution < -0.4 is 4.74 Å². The summed E-state index contributed by atoms with van der Waals surface area (Å²) in [5, 5.41) is 0. The lowest BCUT2D eigenvalue weighted by atomic mass is 9.92. The molecule has 3 heteroatoms. The predicted molar refractivity (Wildman–Crippen MR) is 107 cm³/mol. The van der Waals surface area contributed by atoms with Crippen molar-refractivity contribution in [1.82, 2.24) is 0 Å². The van der Waals surface area contributed by atoms with Gasteiger partial charge in [0.1, 0.15) is 5.75 Å². The molecule has 3 rings (SSSR count). The fourth-order valence-corrected chi connectivity index (χ4v) is 4.59. The zero-order chi connectivity index (χ0) is 16.1. The second-order valence-electron chi connectivity index (χ2n) is 5.61. The Bertz CT molecular complexity index is 724. The van der Waals surface area contributed by atoms with E-state index in [1.807, 2.05) is 17.8 Å². The SMILES string of the molecule is COc1ccc(I)c(CC2(Sc3ccccc3)C=CC=CC2)c1. The molecule has 23 heavy (non-hydrogen) atoms. The van der Waals surface area contributed by atoms with Gasteiger partial charge in [-0.25, -0.2) is 0 Å². The van der Waals surface area contributed by atoms with Gasteiger partial charge in [-0.3, -0.25) is 0 Å². The Morgan fingerprint density at radius 1 is 1.13 bits per heavy atom. The first-order valence-electron chi connectivity index (χ1n) is 7.62. The molecule has 2 aromatic rings. The number of rotatable bonds is 5. The molecule has 1 atom stereocenters. The van der Waals surface area contributed by atoms with Gasteiger partial charge in [0.05, 0.1) is 7.11 Å². The maximum atomic E-state index is 5.41. The van der Waals surface area contributed by atoms with E-state index in [-0.39, 0.29) is 4.75 Å². The second kappa shape index (κ2) is 7.58. The van der Waals surface area contributed by atoms with Gasteiger partial charge in [-0.2, -0.15) is 0 Å². The van der Waals surface area contributed by atoms with Crippen LogP contribution in [0, 0.1) is 3.57 Å². The van der Waals surface area contributed by atoms with E-state index in [2.05, 4.69) is 89.4 Å². The highest BCUT2D eigenvalue weighted by molar-refractivity contribution is 14.1. The van der Waals surface area contributed by atoms with Gasteiger partial charge in [0, 0.05) is 13.2 Å². The molecule has 2 aromatic carbocycles. The maximum Gasteiger partial charge on any atom is 0.119 e. The number of methoxy groups -OCH3 is 1. The molecular weight excluding hydrogens is 415 g/mol. The fourth-order valence-electron chi connectivity index (χ4n) is 2.75. The van der Waals surface area contributed by atoms with Gasteiger partial charge >= 0.3 is 0 Å². The van der Waals surface area contributed by atoms with Crippen molar-refractivity contribution >= 4 is 34.4 Å². The van der Waals surface area contributed by atoms with Crippen LogP contribution in [0.4, 0.5) is 0 Å². The number of halogens is 1. The lowest BCUT2D eigenvalue weighted by Crippen LogP contribution is -2.26. The molecule has 0 heterocycles. The Kier molecular flexibility index (Phi) is 5.49. The summed E-state index contributed by atoms with van der Waals surface area (Å²) in [4.78, 5) is 1.31. The van der Waals surface area contributed by atoms with Crippen molar-refractivity contribution < 1.29 is 4.74 Å². The molecular formula is C20H19IOS. The van der Waals surface area contributed by atoms with Gasteiger partial charge in [-0.15, -0.1) is 11.8 Å². The zero-order valence-corrected chi connectivity index (χ0v) is 16.0. The van der Waals surface area contributed by atoms with E-state index >= 15 is 0 Å². The van der Waals surface area contributed by atoms with Crippen LogP contribution in [0.15, 0.2) is 77.7 Å². The van der Waals surface area contributed by atoms with Crippen LogP contribution in [0.3, 0.4) is 0 Å². The third kappa shape index (κ3) is 4.21. The summed E-state index contributed by atoms with van der Waals surface area (Å²) in [6, 6.07) is 17.0. The van der Waals surface area contributed by atoms with Crippen molar-refractivity contribution in [2.45, 2.75) is 22.5 Å². The number of hydrogen-bond donors (Lipinski definition) is 0. The van der Waals surface area contributed by atoms with E-state index in [0.717, 1.165) is 18.6 Å². The molecule has 0 aliphatic heterocycles. The minimum atomic E-state index is 0.0579. The first-order chi connectivity index (χ1) is 11.2. The summed E-state index contributed by atoms with van der Waals surface area (Å²) in [6.07, 6.45) is 11.0. The van der Waals surface area contributed by atoms with Crippen LogP contribution >= 0.6 is 34.4 Å². The number of benzene rings is 2. The van der Waals surface area contributed by atoms with Crippen LogP contribution in [0.2, 0.25) is 0 Å². The molecule has 118 valence electrons. The molecule has 0 spiro atoms. The molecule has 0 aromatic heterocycles. The van der Waals surface area contributed by atoms with Gasteiger partial charge < -0.3 is 4.74 Å². The molecule has 1 nitrogen and oxygen atoms in total. The molecule has 0 bridgehead atoms. The van der Waals surface area contributed by atoms with Crippen molar-refractivity contribution in [3.8, 4) is 5.75 Å². The quantitative estimate of drug-likeness (QED) is 0.543. The lowest BCUT2D eigenvalue weighted by molar-refractivity contribution is 0.414. The van der Waals surface area contributed by atoms with Crippen LogP contribution in [0.5, 0.6) is 5.75 Å². The molecule has 0 saturated heterocycles. The Labute approximate surface area is 156 Å². The third-order valence-corrected chi connectivity index (χ3v) is 6.33. The van der Waals surface area contributed by atoms with Crippen molar-refractivity contribution in [3.63, 3.8) is 0 Å². The van der Waals surface area contributed by atoms with Gasteiger partial charge in [-0.05, 0) is 71.3 Å². The Hall–Kier alpha value is -1.20. The van der Waals surface area contributed by atoms with E-state index in [1.54, 1.807) is 7.11 Å². The third-order valence-electron chi connectivity index (χ3n) is 3.92. The highest BCUT2D eigenvalue weighted by atomic mass is 127. The highest BCUT2D eigenvalue weighted by Gasteiger charge is 2.29. The summed E-state index contributed by atoms with van der Waals surface area (Å²) in [5.41, 5.74) is 1.34. The molecule has 1 unspecified atom stereocenters. The van der Waals surface area contributed by atoms with Crippen LogP contribution in [0.25, 0.3) is 0 Å². The summed E-state index contributed by atoms with van der Waals surface area (Å²) < 4.78 is 6.76. The molecule has 0 saturated carbocycles. The van der Waals surface area contributed by atoms with Gasteiger partial charge in [0.2, 0.25) is 0 Å². The van der Waals surface area contributed by atoms with Crippen LogP contribution in [-0.4, -0.2) is 11.9 Å². The minimum absolute atomic E-state index is 0.0579. The molecule has 0 N–H and O–H groups in total. The lowest BCUT2D eigenvalue weighted by Gasteiger charge is -2.31. The van der Waals surface area contributed by atoms with Crippen molar-refractivity contribution in [3.05, 3.63) is 82.0 Å². The Balaban J connectivity index is 1.91. The standard InChI is InChI=1S/C20H19IOS/c1-22-17-10-11-19(21)16(14-17)15-20(12-6-3-7-13-20)23-18-8-4-2-5-9-18/h2-12,14H,13,15H2,1H3. The molecule has 0 radical (unpaired) electrons. The summed E-state index contributed by atoms with van der Waals surface area (Å²) in [7, 11) is 1.73. The molecule has 0 amide bonds. The Morgan fingerprint density at radius 2 is 1.96 bits per heavy atom. The van der Waals surface area contributed by atoms with Crippen molar-refractivity contribution in [2.24, 2.45) is 0 Å². The van der Waals surface area contributed by atoms with Gasteiger partial charge in [-0.1, -0.05) is 42.5 Å². The predicted octanol–water partition coefficient (Wildman–Crippen LogP) is 5.89. The normalized spacial score (nSPS) is 19.7. The maximum absolute atomic E-state index is 5.41. The van der Waals surface area contributed by atoms with Crippen LogP contribution in [-0.2, 0) is 6.42 Å². The number of thioether (sulfide) groups is 1. The van der Waals surface area contributed by atoms with E-state index < -0.39 is 0 Å². The van der Waals surface area contributed by atoms with E-state index in [9.17, 15) is 0 Å². The van der Waals surface area contributed by atoms with E-state index in [4.69, 9.17) is 4.74 Å². The minimum Gasteiger partial charge on any atom is -0.497 e. The highest BCUT2D eigenvalue weighted by Crippen LogP contribution is 2.42. The zero-order valence-electron chi connectivity index (χ0n) is 13.0. The average molecular weight is 434 g/mol. The largest absolute Gasteiger partial charge is 0.497 e. The first-order valence-corrected chi connectivity index (χ1v) is 9.51. The summed E-state index contributed by atoms with van der Waals surface area (Å²) in [6.45, 7) is 0. The molecule has 0 fully saturated rings. The number of hydrogen-bond acceptors (Lipinski definition) is 2. The second-order valence-corrected chi connectivity index (χ2v) is 8.26. The smallest absolute Gasteiger partial charge is 0.119 e. The average Bonchev–Trinajstić information content (AvgIpc) is 2.58. The Morgan fingerprint density at radius 3 is 2.65 bits per heavy atom. The number of allylic oxidation sites excluding steroid dienone is 3. The van der Waals surface area contributed by atoms with E-state index in [0.29, 0.717) is 0 Å². The van der Waals surface area contributed by atoms with Gasteiger partial charge in [0.25, 0.3) is 0 Å². The van der Waals surface area contributed by atoms with Crippen molar-refractivity contribution in [2.75, 3.05) is 7.11 Å². The first kappa shape index (κ1) is 16.7. The van der Waals surface area contributed by atoms with Crippen molar-refractivity contribution in [1.29, 1.82) is 0 Å². The molecule has 1 aliphatic carbocycles. The summed E-state index contributed by atoms with van der Waals surface area (Å²) in [5.74, 6) is 0.926. The fraction of sp³-hybridized carbons (Fsp3) is 0.200. The molecule has 1 aliphatic rings. The number of ether oxygens (including phenoxy) is 1. The topological polar surface area (TPSA) is 9.23 Å².